The van der Waals surface area contributed by atoms with Crippen LogP contribution in [0.4, 0.5) is 24.5 Å². The average molecular weight is 707 g/mol. The summed E-state index contributed by atoms with van der Waals surface area (Å²) in [6.45, 7) is -0.440. The molecular formula is C29H19BrF3N3O6S2. The van der Waals surface area contributed by atoms with Gasteiger partial charge in [-0.1, -0.05) is 45.1 Å². The summed E-state index contributed by atoms with van der Waals surface area (Å²) < 4.78 is 46.9. The first-order valence-corrected chi connectivity index (χ1v) is 15.4. The van der Waals surface area contributed by atoms with Crippen LogP contribution < -0.4 is 19.8 Å². The fraction of sp³-hybridized carbons (Fsp3) is 0.172. The van der Waals surface area contributed by atoms with Crippen molar-refractivity contribution in [2.45, 2.75) is 22.4 Å². The number of phenolic OH excluding ortho intramolecular Hbond substituents is 1. The number of amides is 3. The van der Waals surface area contributed by atoms with Crippen molar-refractivity contribution in [3.63, 3.8) is 0 Å². The monoisotopic (exact) mass is 705 g/mol. The number of carbonyl (C=O) groups is 3. The van der Waals surface area contributed by atoms with Crippen LogP contribution >= 0.6 is 39.0 Å². The second-order valence-corrected chi connectivity index (χ2v) is 13.0. The van der Waals surface area contributed by atoms with Gasteiger partial charge in [0.05, 0.1) is 22.2 Å². The van der Waals surface area contributed by atoms with E-state index in [1.165, 1.54) is 30.3 Å². The Balaban J connectivity index is 1.36. The molecule has 44 heavy (non-hydrogen) atoms. The fourth-order valence-corrected chi connectivity index (χ4v) is 8.09. The number of carbonyl (C=O) groups excluding carboxylic acids is 3. The number of ether oxygens (including phenoxy) is 1. The number of thiazole rings is 1. The fourth-order valence-electron chi connectivity index (χ4n) is 5.21. The number of halogens is 4. The number of alkyl halides is 3. The highest BCUT2D eigenvalue weighted by atomic mass is 79.9. The van der Waals surface area contributed by atoms with Crippen molar-refractivity contribution >= 4 is 68.1 Å². The van der Waals surface area contributed by atoms with Gasteiger partial charge < -0.3 is 20.1 Å². The number of thioether (sulfide) groups is 1. The molecule has 2 aliphatic rings. The van der Waals surface area contributed by atoms with Crippen LogP contribution in [0.15, 0.2) is 81.0 Å². The van der Waals surface area contributed by atoms with Crippen molar-refractivity contribution < 1.29 is 37.4 Å². The number of phenols is 1. The maximum atomic E-state index is 14.0. The molecule has 4 aromatic rings. The maximum absolute atomic E-state index is 14.0. The molecule has 0 saturated carbocycles. The number of aromatic amines is 1. The largest absolute Gasteiger partial charge is 0.508 e. The van der Waals surface area contributed by atoms with Gasteiger partial charge in [-0.25, -0.2) is 4.90 Å². The van der Waals surface area contributed by atoms with Gasteiger partial charge in [0.15, 0.2) is 6.61 Å². The Kier molecular flexibility index (Phi) is 7.80. The topological polar surface area (TPSA) is 129 Å². The first-order chi connectivity index (χ1) is 20.9. The number of aromatic nitrogens is 1. The van der Waals surface area contributed by atoms with Crippen molar-refractivity contribution in [1.29, 1.82) is 0 Å². The minimum absolute atomic E-state index is 0.0284. The van der Waals surface area contributed by atoms with Gasteiger partial charge >= 0.3 is 11.0 Å². The standard InChI is InChI=1S/C29H19BrF3N3O6S2/c30-14-4-9-19(42-12-20(38)34-15-5-7-17(37)8-6-15)18(11-14)21-22-24(43-25-23(21)44-28(41)35-25)27(40)36(26(22)39)16-3-1-2-13(10-16)29(31,32)33/h1-11,21-22,24,37H,12H2,(H,34,38)(H,35,41)/t21-,22?,24?/m1/s1. The maximum Gasteiger partial charge on any atom is 0.416 e. The van der Waals surface area contributed by atoms with Crippen LogP contribution in [0.1, 0.15) is 21.9 Å². The molecule has 1 saturated heterocycles. The highest BCUT2D eigenvalue weighted by molar-refractivity contribution is 9.10. The van der Waals surface area contributed by atoms with Gasteiger partial charge in [0.2, 0.25) is 11.8 Å². The van der Waals surface area contributed by atoms with Gasteiger partial charge in [-0.2, -0.15) is 13.2 Å². The van der Waals surface area contributed by atoms with Crippen molar-refractivity contribution in [3.05, 3.63) is 96.9 Å². The van der Waals surface area contributed by atoms with Gasteiger partial charge in [0.25, 0.3) is 5.91 Å². The molecule has 0 aliphatic carbocycles. The summed E-state index contributed by atoms with van der Waals surface area (Å²) in [5.41, 5.74) is -0.398. The van der Waals surface area contributed by atoms with Crippen LogP contribution in [-0.2, 0) is 20.6 Å². The summed E-state index contributed by atoms with van der Waals surface area (Å²) in [6.07, 6.45) is -4.69. The van der Waals surface area contributed by atoms with E-state index >= 15 is 0 Å². The van der Waals surface area contributed by atoms with E-state index in [1.54, 1.807) is 18.2 Å². The Bertz CT molecular complexity index is 1860. The molecule has 3 amide bonds. The Hall–Kier alpha value is -4.08. The average Bonchev–Trinajstić information content (AvgIpc) is 3.47. The van der Waals surface area contributed by atoms with Gasteiger partial charge in [0, 0.05) is 26.5 Å². The number of hydrogen-bond donors (Lipinski definition) is 3. The summed E-state index contributed by atoms with van der Waals surface area (Å²) in [5, 5.41) is 11.4. The molecule has 9 nitrogen and oxygen atoms in total. The molecule has 0 radical (unpaired) electrons. The van der Waals surface area contributed by atoms with Gasteiger partial charge in [-0.05, 0) is 60.7 Å². The van der Waals surface area contributed by atoms with Crippen LogP contribution in [0.2, 0.25) is 0 Å². The minimum Gasteiger partial charge on any atom is -0.508 e. The molecule has 3 N–H and O–H groups in total. The number of fused-ring (bicyclic) bond motifs is 2. The highest BCUT2D eigenvalue weighted by Gasteiger charge is 2.57. The van der Waals surface area contributed by atoms with E-state index in [-0.39, 0.29) is 17.2 Å². The Morgan fingerprint density at radius 2 is 1.80 bits per heavy atom. The van der Waals surface area contributed by atoms with Crippen molar-refractivity contribution in [2.24, 2.45) is 5.92 Å². The highest BCUT2D eigenvalue weighted by Crippen LogP contribution is 2.55. The Morgan fingerprint density at radius 1 is 1.05 bits per heavy atom. The smallest absolute Gasteiger partial charge is 0.416 e. The molecule has 1 aromatic heterocycles. The quantitative estimate of drug-likeness (QED) is 0.173. The number of aromatic hydroxyl groups is 1. The lowest BCUT2D eigenvalue weighted by Gasteiger charge is -2.31. The number of benzene rings is 3. The molecule has 3 aromatic carbocycles. The third-order valence-electron chi connectivity index (χ3n) is 7.07. The number of hydrogen-bond acceptors (Lipinski definition) is 8. The van der Waals surface area contributed by atoms with Crippen LogP contribution in [-0.4, -0.2) is 39.7 Å². The summed E-state index contributed by atoms with van der Waals surface area (Å²) in [7, 11) is 0. The zero-order chi connectivity index (χ0) is 31.3. The Labute approximate surface area is 263 Å². The third-order valence-corrected chi connectivity index (χ3v) is 9.97. The van der Waals surface area contributed by atoms with E-state index < -0.39 is 58.0 Å². The summed E-state index contributed by atoms with van der Waals surface area (Å²) >= 11 is 5.26. The molecule has 0 spiro atoms. The molecule has 1 fully saturated rings. The third kappa shape index (κ3) is 5.62. The zero-order valence-corrected chi connectivity index (χ0v) is 25.3. The van der Waals surface area contributed by atoms with Crippen LogP contribution in [0, 0.1) is 5.92 Å². The summed E-state index contributed by atoms with van der Waals surface area (Å²) in [6, 6.07) is 14.7. The minimum atomic E-state index is -4.69. The van der Waals surface area contributed by atoms with E-state index in [4.69, 9.17) is 4.74 Å². The van der Waals surface area contributed by atoms with Gasteiger partial charge in [-0.15, -0.1) is 0 Å². The van der Waals surface area contributed by atoms with Gasteiger partial charge in [0.1, 0.15) is 16.7 Å². The van der Waals surface area contributed by atoms with Crippen molar-refractivity contribution in [3.8, 4) is 11.5 Å². The van der Waals surface area contributed by atoms with Gasteiger partial charge in [-0.3, -0.25) is 19.2 Å². The predicted octanol–water partition coefficient (Wildman–Crippen LogP) is 5.74. The molecular weight excluding hydrogens is 687 g/mol. The van der Waals surface area contributed by atoms with Crippen molar-refractivity contribution in [2.75, 3.05) is 16.8 Å². The molecule has 2 aliphatic heterocycles. The number of H-pyrrole nitrogens is 1. The number of nitrogens with one attached hydrogen (secondary N) is 2. The zero-order valence-electron chi connectivity index (χ0n) is 22.1. The lowest BCUT2D eigenvalue weighted by atomic mass is 9.82. The molecule has 226 valence electrons. The molecule has 6 rings (SSSR count). The first-order valence-electron chi connectivity index (χ1n) is 12.9. The Morgan fingerprint density at radius 3 is 2.52 bits per heavy atom. The number of rotatable bonds is 6. The molecule has 3 heterocycles. The SMILES string of the molecule is O=C(COc1ccc(Br)cc1[C@H]1c2sc(=O)[nH]c2SC2C(=O)N(c3cccc(C(F)(F)F)c3)C(=O)C21)Nc1ccc(O)cc1. The second kappa shape index (κ2) is 11.4. The van der Waals surface area contributed by atoms with E-state index in [0.29, 0.717) is 25.6 Å². The molecule has 0 bridgehead atoms. The number of imide groups is 1. The number of nitrogens with zero attached hydrogens (tertiary/aromatic N) is 1. The van der Waals surface area contributed by atoms with E-state index in [9.17, 15) is 37.5 Å². The normalized spacial score (nSPS) is 19.5. The van der Waals surface area contributed by atoms with E-state index in [1.807, 2.05) is 0 Å². The lowest BCUT2D eigenvalue weighted by Crippen LogP contribution is -2.32. The lowest BCUT2D eigenvalue weighted by molar-refractivity contribution is -0.137. The van der Waals surface area contributed by atoms with E-state index in [2.05, 4.69) is 26.2 Å². The van der Waals surface area contributed by atoms with Crippen LogP contribution in [0.5, 0.6) is 11.5 Å². The van der Waals surface area contributed by atoms with E-state index in [0.717, 1.165) is 46.2 Å². The molecule has 3 atom stereocenters. The predicted molar refractivity (Wildman–Crippen MR) is 160 cm³/mol. The molecule has 2 unspecified atom stereocenters. The van der Waals surface area contributed by atoms with Crippen LogP contribution in [0.3, 0.4) is 0 Å². The van der Waals surface area contributed by atoms with Crippen molar-refractivity contribution in [1.82, 2.24) is 4.98 Å². The summed E-state index contributed by atoms with van der Waals surface area (Å²) in [5.74, 6) is -3.72. The number of anilines is 2. The first kappa shape index (κ1) is 30.0. The second-order valence-electron chi connectivity index (χ2n) is 9.88. The summed E-state index contributed by atoms with van der Waals surface area (Å²) in [4.78, 5) is 56.3. The van der Waals surface area contributed by atoms with Crippen LogP contribution in [0.25, 0.3) is 0 Å². The molecule has 15 heteroatoms.